The topological polar surface area (TPSA) is 104 Å². The molecular formula is C20H21N3O6. The Kier molecular flexibility index (Phi) is 5.15. The molecule has 0 aliphatic carbocycles. The lowest BCUT2D eigenvalue weighted by atomic mass is 10.0. The highest BCUT2D eigenvalue weighted by atomic mass is 16.6. The first kappa shape index (κ1) is 20.1. The summed E-state index contributed by atoms with van der Waals surface area (Å²) in [6, 6.07) is 9.81. The van der Waals surface area contributed by atoms with E-state index in [0.717, 1.165) is 0 Å². The number of nitrogens with zero attached hydrogens (tertiary/aromatic N) is 3. The van der Waals surface area contributed by atoms with E-state index < -0.39 is 10.6 Å². The highest BCUT2D eigenvalue weighted by Crippen LogP contribution is 2.39. The van der Waals surface area contributed by atoms with E-state index in [1.807, 2.05) is 0 Å². The molecule has 0 spiro atoms. The molecule has 1 heterocycles. The maximum Gasteiger partial charge on any atom is 0.272 e. The van der Waals surface area contributed by atoms with Gasteiger partial charge in [0, 0.05) is 36.6 Å². The summed E-state index contributed by atoms with van der Waals surface area (Å²) >= 11 is 0. The molecule has 1 aliphatic heterocycles. The molecule has 9 heteroatoms. The number of nitro benzene ring substituents is 1. The second-order valence-electron chi connectivity index (χ2n) is 6.65. The van der Waals surface area contributed by atoms with Gasteiger partial charge in [0.25, 0.3) is 5.69 Å². The van der Waals surface area contributed by atoms with Crippen LogP contribution >= 0.6 is 0 Å². The lowest BCUT2D eigenvalue weighted by Crippen LogP contribution is -2.41. The minimum absolute atomic E-state index is 0.0598. The van der Waals surface area contributed by atoms with Crippen molar-refractivity contribution in [1.29, 1.82) is 0 Å². The van der Waals surface area contributed by atoms with Gasteiger partial charge in [0.15, 0.2) is 11.5 Å². The Morgan fingerprint density at radius 3 is 2.45 bits per heavy atom. The molecule has 2 aromatic rings. The lowest BCUT2D eigenvalue weighted by molar-refractivity contribution is -0.385. The molecule has 0 radical (unpaired) electrons. The minimum atomic E-state index is -1.34. The average molecular weight is 399 g/mol. The number of hydrogen-bond donors (Lipinski definition) is 0. The quantitative estimate of drug-likeness (QED) is 0.564. The molecule has 1 atom stereocenters. The van der Waals surface area contributed by atoms with Crippen LogP contribution in [0.3, 0.4) is 0 Å². The summed E-state index contributed by atoms with van der Waals surface area (Å²) in [5.41, 5.74) is 0.113. The Labute approximate surface area is 167 Å². The number of amides is 1. The molecule has 0 saturated heterocycles. The van der Waals surface area contributed by atoms with Gasteiger partial charge in [0.2, 0.25) is 17.5 Å². The number of benzene rings is 2. The number of methoxy groups -OCH3 is 2. The second kappa shape index (κ2) is 7.42. The molecule has 1 unspecified atom stereocenters. The Morgan fingerprint density at radius 2 is 1.86 bits per heavy atom. The van der Waals surface area contributed by atoms with Gasteiger partial charge in [-0.05, 0) is 25.1 Å². The molecule has 152 valence electrons. The fourth-order valence-electron chi connectivity index (χ4n) is 3.17. The van der Waals surface area contributed by atoms with Crippen LogP contribution in [0.2, 0.25) is 0 Å². The SMILES string of the molecule is COc1ccc(C2=NN(C(C)=O)C(C)(c3ccc(C)c([N+](=O)[O-])c3)O2)cc1OC. The summed E-state index contributed by atoms with van der Waals surface area (Å²) in [5, 5.41) is 16.9. The normalized spacial score (nSPS) is 18.1. The van der Waals surface area contributed by atoms with Crippen molar-refractivity contribution in [3.8, 4) is 11.5 Å². The number of carbonyl (C=O) groups excluding carboxylic acids is 1. The average Bonchev–Trinajstić information content (AvgIpc) is 3.06. The third-order valence-electron chi connectivity index (χ3n) is 4.76. The molecule has 1 amide bonds. The van der Waals surface area contributed by atoms with Crippen molar-refractivity contribution in [1.82, 2.24) is 5.01 Å². The zero-order valence-corrected chi connectivity index (χ0v) is 16.8. The molecule has 0 N–H and O–H groups in total. The first-order chi connectivity index (χ1) is 13.7. The zero-order chi connectivity index (χ0) is 21.3. The molecule has 0 saturated carbocycles. The summed E-state index contributed by atoms with van der Waals surface area (Å²) in [4.78, 5) is 23.2. The molecule has 9 nitrogen and oxygen atoms in total. The minimum Gasteiger partial charge on any atom is -0.493 e. The first-order valence-electron chi connectivity index (χ1n) is 8.77. The Morgan fingerprint density at radius 1 is 1.17 bits per heavy atom. The van der Waals surface area contributed by atoms with Crippen LogP contribution in [0.1, 0.15) is 30.5 Å². The molecule has 0 fully saturated rings. The number of rotatable bonds is 5. The number of hydrogen-bond acceptors (Lipinski definition) is 7. The molecule has 1 aliphatic rings. The fourth-order valence-corrected chi connectivity index (χ4v) is 3.17. The van der Waals surface area contributed by atoms with Crippen LogP contribution in [0.4, 0.5) is 5.69 Å². The number of nitro groups is 1. The highest BCUT2D eigenvalue weighted by molar-refractivity contribution is 5.97. The van der Waals surface area contributed by atoms with Crippen molar-refractivity contribution in [2.75, 3.05) is 14.2 Å². The Balaban J connectivity index is 2.06. The van der Waals surface area contributed by atoms with Gasteiger partial charge < -0.3 is 14.2 Å². The maximum atomic E-state index is 12.3. The van der Waals surface area contributed by atoms with E-state index in [9.17, 15) is 14.9 Å². The molecule has 0 bridgehead atoms. The standard InChI is InChI=1S/C20H21N3O6/c1-12-6-8-15(11-16(12)23(25)26)20(3)22(13(2)24)21-19(29-20)14-7-9-17(27-4)18(10-14)28-5/h6-11H,1-5H3. The van der Waals surface area contributed by atoms with Crippen molar-refractivity contribution in [2.24, 2.45) is 5.10 Å². The van der Waals surface area contributed by atoms with Crippen LogP contribution in [-0.2, 0) is 15.3 Å². The van der Waals surface area contributed by atoms with E-state index in [0.29, 0.717) is 28.2 Å². The van der Waals surface area contributed by atoms with Crippen LogP contribution in [0, 0.1) is 17.0 Å². The van der Waals surface area contributed by atoms with Gasteiger partial charge in [-0.15, -0.1) is 5.10 Å². The van der Waals surface area contributed by atoms with E-state index in [2.05, 4.69) is 5.10 Å². The summed E-state index contributed by atoms with van der Waals surface area (Å²) < 4.78 is 16.6. The van der Waals surface area contributed by atoms with E-state index in [4.69, 9.17) is 14.2 Å². The molecule has 2 aromatic carbocycles. The largest absolute Gasteiger partial charge is 0.493 e. The zero-order valence-electron chi connectivity index (χ0n) is 16.8. The monoisotopic (exact) mass is 399 g/mol. The van der Waals surface area contributed by atoms with Gasteiger partial charge in [-0.3, -0.25) is 14.9 Å². The fraction of sp³-hybridized carbons (Fsp3) is 0.300. The van der Waals surface area contributed by atoms with Gasteiger partial charge in [-0.25, -0.2) is 0 Å². The predicted molar refractivity (Wildman–Crippen MR) is 105 cm³/mol. The third kappa shape index (κ3) is 3.46. The Hall–Kier alpha value is -3.62. The van der Waals surface area contributed by atoms with Crippen molar-refractivity contribution in [3.63, 3.8) is 0 Å². The predicted octanol–water partition coefficient (Wildman–Crippen LogP) is 3.33. The van der Waals surface area contributed by atoms with Crippen LogP contribution < -0.4 is 9.47 Å². The summed E-state index contributed by atoms with van der Waals surface area (Å²) in [7, 11) is 3.04. The smallest absolute Gasteiger partial charge is 0.272 e. The van der Waals surface area contributed by atoms with Crippen LogP contribution in [-0.4, -0.2) is 36.0 Å². The number of carbonyl (C=O) groups is 1. The number of hydrazone groups is 1. The van der Waals surface area contributed by atoms with Crippen molar-refractivity contribution in [3.05, 3.63) is 63.2 Å². The van der Waals surface area contributed by atoms with Crippen LogP contribution in [0.25, 0.3) is 0 Å². The number of ether oxygens (including phenoxy) is 3. The first-order valence-corrected chi connectivity index (χ1v) is 8.77. The summed E-state index contributed by atoms with van der Waals surface area (Å²) in [6.45, 7) is 4.64. The maximum absolute atomic E-state index is 12.3. The molecule has 29 heavy (non-hydrogen) atoms. The van der Waals surface area contributed by atoms with Crippen molar-refractivity contribution >= 4 is 17.5 Å². The van der Waals surface area contributed by atoms with Crippen LogP contribution in [0.5, 0.6) is 11.5 Å². The molecule has 0 aromatic heterocycles. The highest BCUT2D eigenvalue weighted by Gasteiger charge is 2.45. The third-order valence-corrected chi connectivity index (χ3v) is 4.76. The van der Waals surface area contributed by atoms with Crippen molar-refractivity contribution < 1.29 is 23.9 Å². The second-order valence-corrected chi connectivity index (χ2v) is 6.65. The molecule has 3 rings (SSSR count). The van der Waals surface area contributed by atoms with E-state index >= 15 is 0 Å². The van der Waals surface area contributed by atoms with Gasteiger partial charge in [0.1, 0.15) is 0 Å². The van der Waals surface area contributed by atoms with Crippen LogP contribution in [0.15, 0.2) is 41.5 Å². The van der Waals surface area contributed by atoms with E-state index in [-0.39, 0.29) is 17.5 Å². The van der Waals surface area contributed by atoms with E-state index in [1.165, 1.54) is 32.2 Å². The summed E-state index contributed by atoms with van der Waals surface area (Å²) in [6.07, 6.45) is 0. The van der Waals surface area contributed by atoms with Gasteiger partial charge in [-0.2, -0.15) is 5.01 Å². The summed E-state index contributed by atoms with van der Waals surface area (Å²) in [5.74, 6) is 0.832. The van der Waals surface area contributed by atoms with Gasteiger partial charge in [-0.1, -0.05) is 12.1 Å². The van der Waals surface area contributed by atoms with Gasteiger partial charge in [0.05, 0.1) is 19.1 Å². The van der Waals surface area contributed by atoms with Crippen molar-refractivity contribution in [2.45, 2.75) is 26.5 Å². The van der Waals surface area contributed by atoms with Gasteiger partial charge >= 0.3 is 0 Å². The van der Waals surface area contributed by atoms with E-state index in [1.54, 1.807) is 44.2 Å². The number of aryl methyl sites for hydroxylation is 1. The molecular weight excluding hydrogens is 378 g/mol. The lowest BCUT2D eigenvalue weighted by Gasteiger charge is -2.31. The Bertz CT molecular complexity index is 1020.